The van der Waals surface area contributed by atoms with E-state index in [0.29, 0.717) is 17.4 Å². The summed E-state index contributed by atoms with van der Waals surface area (Å²) in [6, 6.07) is 3.62. The van der Waals surface area contributed by atoms with Crippen molar-refractivity contribution in [1.29, 1.82) is 0 Å². The van der Waals surface area contributed by atoms with Gasteiger partial charge < -0.3 is 10.4 Å². The second kappa shape index (κ2) is 5.65. The molecule has 0 aliphatic heterocycles. The number of carboxylic acid groups (broad SMARTS) is 1. The number of pyridine rings is 1. The molecule has 1 aromatic heterocycles. The zero-order chi connectivity index (χ0) is 14.8. The lowest BCUT2D eigenvalue weighted by atomic mass is 9.90. The van der Waals surface area contributed by atoms with Crippen molar-refractivity contribution < 1.29 is 9.90 Å². The van der Waals surface area contributed by atoms with E-state index in [1.54, 1.807) is 12.1 Å². The van der Waals surface area contributed by atoms with Gasteiger partial charge in [-0.15, -0.1) is 0 Å². The van der Waals surface area contributed by atoms with Crippen LogP contribution in [0, 0.1) is 0 Å². The van der Waals surface area contributed by atoms with Crippen molar-refractivity contribution in [1.82, 2.24) is 4.98 Å². The van der Waals surface area contributed by atoms with Crippen LogP contribution in [0.4, 0.5) is 5.82 Å². The van der Waals surface area contributed by atoms with Crippen molar-refractivity contribution in [3.63, 3.8) is 0 Å². The van der Waals surface area contributed by atoms with Crippen LogP contribution in [-0.2, 0) is 5.41 Å². The first-order valence-electron chi connectivity index (χ1n) is 7.03. The van der Waals surface area contributed by atoms with Gasteiger partial charge in [-0.1, -0.05) is 32.9 Å². The van der Waals surface area contributed by atoms with E-state index in [-0.39, 0.29) is 5.41 Å². The summed E-state index contributed by atoms with van der Waals surface area (Å²) in [5.74, 6) is -0.250. The van der Waals surface area contributed by atoms with E-state index < -0.39 is 5.97 Å². The van der Waals surface area contributed by atoms with Gasteiger partial charge >= 0.3 is 5.97 Å². The lowest BCUT2D eigenvalue weighted by Gasteiger charge is -2.23. The molecule has 1 aliphatic carbocycles. The number of hydrogen-bond donors (Lipinski definition) is 2. The molecule has 2 N–H and O–H groups in total. The van der Waals surface area contributed by atoms with Crippen LogP contribution < -0.4 is 5.32 Å². The van der Waals surface area contributed by atoms with Gasteiger partial charge in [-0.3, -0.25) is 0 Å². The number of nitrogens with one attached hydrogen (secondary N) is 1. The Kier molecular flexibility index (Phi) is 4.12. The molecule has 1 atom stereocenters. The predicted octanol–water partition coefficient (Wildman–Crippen LogP) is 3.60. The number of carboxylic acids is 1. The van der Waals surface area contributed by atoms with Crippen molar-refractivity contribution in [2.24, 2.45) is 0 Å². The van der Waals surface area contributed by atoms with Crippen molar-refractivity contribution in [3.05, 3.63) is 35.5 Å². The Balaban J connectivity index is 2.29. The Morgan fingerprint density at radius 2 is 2.10 bits per heavy atom. The van der Waals surface area contributed by atoms with Gasteiger partial charge in [0.2, 0.25) is 0 Å². The molecular formula is C16H22N2O2. The third kappa shape index (κ3) is 3.59. The monoisotopic (exact) mass is 274 g/mol. The van der Waals surface area contributed by atoms with Crippen molar-refractivity contribution in [2.45, 2.75) is 51.5 Å². The molecule has 0 radical (unpaired) electrons. The molecule has 4 nitrogen and oxygen atoms in total. The predicted molar refractivity (Wildman–Crippen MR) is 80.3 cm³/mol. The molecule has 1 aliphatic rings. The van der Waals surface area contributed by atoms with Crippen LogP contribution in [0.15, 0.2) is 24.3 Å². The van der Waals surface area contributed by atoms with Crippen molar-refractivity contribution in [2.75, 3.05) is 5.32 Å². The fourth-order valence-corrected chi connectivity index (χ4v) is 2.25. The molecule has 2 rings (SSSR count). The van der Waals surface area contributed by atoms with Gasteiger partial charge in [0.15, 0.2) is 0 Å². The average molecular weight is 274 g/mol. The molecule has 0 saturated heterocycles. The average Bonchev–Trinajstić information content (AvgIpc) is 2.38. The van der Waals surface area contributed by atoms with Gasteiger partial charge in [-0.2, -0.15) is 0 Å². The molecule has 0 saturated carbocycles. The van der Waals surface area contributed by atoms with E-state index in [2.05, 4.69) is 22.5 Å². The Morgan fingerprint density at radius 1 is 1.35 bits per heavy atom. The second-order valence-corrected chi connectivity index (χ2v) is 6.31. The maximum atomic E-state index is 11.3. The molecule has 0 amide bonds. The molecule has 0 spiro atoms. The van der Waals surface area contributed by atoms with E-state index in [9.17, 15) is 9.90 Å². The number of carbonyl (C=O) groups is 1. The smallest absolute Gasteiger partial charge is 0.335 e. The summed E-state index contributed by atoms with van der Waals surface area (Å²) < 4.78 is 0. The molecule has 0 aromatic carbocycles. The molecule has 20 heavy (non-hydrogen) atoms. The summed E-state index contributed by atoms with van der Waals surface area (Å²) in [5, 5.41) is 12.6. The standard InChI is InChI=1S/C16H22N2O2/c1-16(2,3)13-9-11(15(19)20)10-14(18-13)17-12-7-5-4-6-8-12/h4-5,9-10,12H,6-8H2,1-3H3,(H,17,18)(H,19,20). The highest BCUT2D eigenvalue weighted by atomic mass is 16.4. The maximum absolute atomic E-state index is 11.3. The SMILES string of the molecule is CC(C)(C)c1cc(C(=O)O)cc(NC2CC=CCC2)n1. The molecular weight excluding hydrogens is 252 g/mol. The normalized spacial score (nSPS) is 18.9. The third-order valence-electron chi connectivity index (χ3n) is 3.46. The largest absolute Gasteiger partial charge is 0.478 e. The number of hydrogen-bond acceptors (Lipinski definition) is 3. The Labute approximate surface area is 119 Å². The van der Waals surface area contributed by atoms with Crippen LogP contribution in [0.25, 0.3) is 0 Å². The van der Waals surface area contributed by atoms with E-state index >= 15 is 0 Å². The van der Waals surface area contributed by atoms with Gasteiger partial charge in [0, 0.05) is 17.2 Å². The highest BCUT2D eigenvalue weighted by molar-refractivity contribution is 5.88. The van der Waals surface area contributed by atoms with Crippen LogP contribution >= 0.6 is 0 Å². The third-order valence-corrected chi connectivity index (χ3v) is 3.46. The van der Waals surface area contributed by atoms with Gasteiger partial charge in [-0.05, 0) is 31.4 Å². The summed E-state index contributed by atoms with van der Waals surface area (Å²) in [6.45, 7) is 6.11. The fraction of sp³-hybridized carbons (Fsp3) is 0.500. The first kappa shape index (κ1) is 14.6. The minimum atomic E-state index is -0.913. The number of anilines is 1. The molecule has 1 heterocycles. The highest BCUT2D eigenvalue weighted by Gasteiger charge is 2.20. The van der Waals surface area contributed by atoms with Crippen LogP contribution in [0.3, 0.4) is 0 Å². The van der Waals surface area contributed by atoms with Gasteiger partial charge in [-0.25, -0.2) is 9.78 Å². The number of aromatic carboxylic acids is 1. The van der Waals surface area contributed by atoms with E-state index in [1.807, 2.05) is 20.8 Å². The summed E-state index contributed by atoms with van der Waals surface area (Å²) in [5.41, 5.74) is 0.916. The molecule has 0 fully saturated rings. The molecule has 1 aromatic rings. The second-order valence-electron chi connectivity index (χ2n) is 6.31. The van der Waals surface area contributed by atoms with Gasteiger partial charge in [0.05, 0.1) is 5.56 Å². The Hall–Kier alpha value is -1.84. The van der Waals surface area contributed by atoms with Crippen molar-refractivity contribution >= 4 is 11.8 Å². The molecule has 4 heteroatoms. The van der Waals surface area contributed by atoms with E-state index in [1.165, 1.54) is 0 Å². The van der Waals surface area contributed by atoms with Crippen molar-refractivity contribution in [3.8, 4) is 0 Å². The fourth-order valence-electron chi connectivity index (χ4n) is 2.25. The minimum absolute atomic E-state index is 0.172. The minimum Gasteiger partial charge on any atom is -0.478 e. The molecule has 0 bridgehead atoms. The van der Waals surface area contributed by atoms with Crippen LogP contribution in [0.2, 0.25) is 0 Å². The zero-order valence-corrected chi connectivity index (χ0v) is 12.3. The number of nitrogens with zero attached hydrogens (tertiary/aromatic N) is 1. The Morgan fingerprint density at radius 3 is 2.65 bits per heavy atom. The quantitative estimate of drug-likeness (QED) is 0.827. The Bertz CT molecular complexity index is 530. The van der Waals surface area contributed by atoms with E-state index in [0.717, 1.165) is 25.0 Å². The maximum Gasteiger partial charge on any atom is 0.335 e. The summed E-state index contributed by atoms with van der Waals surface area (Å²) in [4.78, 5) is 15.8. The van der Waals surface area contributed by atoms with Crippen LogP contribution in [-0.4, -0.2) is 22.1 Å². The number of rotatable bonds is 3. The summed E-state index contributed by atoms with van der Waals surface area (Å²) >= 11 is 0. The van der Waals surface area contributed by atoms with Gasteiger partial charge in [0.1, 0.15) is 5.82 Å². The lowest BCUT2D eigenvalue weighted by molar-refractivity contribution is 0.0696. The van der Waals surface area contributed by atoms with Crippen LogP contribution in [0.5, 0.6) is 0 Å². The van der Waals surface area contributed by atoms with Gasteiger partial charge in [0.25, 0.3) is 0 Å². The number of aromatic nitrogens is 1. The topological polar surface area (TPSA) is 62.2 Å². The number of allylic oxidation sites excluding steroid dienone is 1. The molecule has 1 unspecified atom stereocenters. The highest BCUT2D eigenvalue weighted by Crippen LogP contribution is 2.24. The summed E-state index contributed by atoms with van der Waals surface area (Å²) in [7, 11) is 0. The molecule has 108 valence electrons. The summed E-state index contributed by atoms with van der Waals surface area (Å²) in [6.07, 6.45) is 7.42. The van der Waals surface area contributed by atoms with Crippen LogP contribution in [0.1, 0.15) is 56.1 Å². The first-order chi connectivity index (χ1) is 9.36. The zero-order valence-electron chi connectivity index (χ0n) is 12.3. The lowest BCUT2D eigenvalue weighted by Crippen LogP contribution is -2.23. The first-order valence-corrected chi connectivity index (χ1v) is 7.03. The van der Waals surface area contributed by atoms with E-state index in [4.69, 9.17) is 0 Å².